The number of rotatable bonds is 6. The van der Waals surface area contributed by atoms with Crippen molar-refractivity contribution in [3.05, 3.63) is 23.7 Å². The fourth-order valence-corrected chi connectivity index (χ4v) is 3.60. The Labute approximate surface area is 118 Å². The van der Waals surface area contributed by atoms with Gasteiger partial charge in [-0.1, -0.05) is 40.0 Å². The summed E-state index contributed by atoms with van der Waals surface area (Å²) >= 11 is 0. The number of hydrogen-bond acceptors (Lipinski definition) is 2. The van der Waals surface area contributed by atoms with E-state index in [0.717, 1.165) is 24.8 Å². The first kappa shape index (κ1) is 14.6. The molecule has 1 heterocycles. The number of furan rings is 1. The lowest BCUT2D eigenvalue weighted by atomic mass is 9.76. The molecule has 1 aliphatic rings. The third-order valence-electron chi connectivity index (χ3n) is 4.80. The van der Waals surface area contributed by atoms with Crippen molar-refractivity contribution in [2.75, 3.05) is 6.54 Å². The van der Waals surface area contributed by atoms with Crippen LogP contribution >= 0.6 is 0 Å². The maximum atomic E-state index is 5.63. The van der Waals surface area contributed by atoms with Crippen molar-refractivity contribution in [2.45, 2.75) is 65.3 Å². The lowest BCUT2D eigenvalue weighted by molar-refractivity contribution is 0.218. The highest BCUT2D eigenvalue weighted by Crippen LogP contribution is 2.39. The summed E-state index contributed by atoms with van der Waals surface area (Å²) in [5, 5.41) is 3.70. The Kier molecular flexibility index (Phi) is 5.50. The van der Waals surface area contributed by atoms with Gasteiger partial charge >= 0.3 is 0 Å². The minimum atomic E-state index is 0.497. The monoisotopic (exact) mass is 263 g/mol. The van der Waals surface area contributed by atoms with Gasteiger partial charge in [0.15, 0.2) is 0 Å². The zero-order chi connectivity index (χ0) is 13.7. The Bertz CT molecular complexity index is 363. The van der Waals surface area contributed by atoms with Gasteiger partial charge < -0.3 is 9.73 Å². The zero-order valence-electron chi connectivity index (χ0n) is 12.7. The molecule has 0 aliphatic heterocycles. The topological polar surface area (TPSA) is 25.2 Å². The molecule has 1 aromatic heterocycles. The summed E-state index contributed by atoms with van der Waals surface area (Å²) in [7, 11) is 0. The van der Waals surface area contributed by atoms with Gasteiger partial charge in [0, 0.05) is 18.0 Å². The van der Waals surface area contributed by atoms with Crippen LogP contribution in [0.15, 0.2) is 16.7 Å². The molecule has 2 heteroatoms. The van der Waals surface area contributed by atoms with Gasteiger partial charge in [-0.05, 0) is 37.3 Å². The quantitative estimate of drug-likeness (QED) is 0.804. The molecular formula is C17H29NO. The molecule has 1 N–H and O–H groups in total. The van der Waals surface area contributed by atoms with Crippen molar-refractivity contribution < 1.29 is 4.42 Å². The second-order valence-electron chi connectivity index (χ2n) is 5.88. The van der Waals surface area contributed by atoms with Crippen LogP contribution in [0.5, 0.6) is 0 Å². The van der Waals surface area contributed by atoms with Crippen LogP contribution in [0.2, 0.25) is 0 Å². The number of aryl methyl sites for hydroxylation is 1. The third-order valence-corrected chi connectivity index (χ3v) is 4.80. The molecule has 2 nitrogen and oxygen atoms in total. The van der Waals surface area contributed by atoms with Gasteiger partial charge in [0.1, 0.15) is 5.76 Å². The zero-order valence-corrected chi connectivity index (χ0v) is 12.7. The highest BCUT2D eigenvalue weighted by molar-refractivity contribution is 5.22. The first-order chi connectivity index (χ1) is 9.30. The molecule has 1 saturated carbocycles. The van der Waals surface area contributed by atoms with Crippen molar-refractivity contribution in [2.24, 2.45) is 11.8 Å². The summed E-state index contributed by atoms with van der Waals surface area (Å²) in [6.07, 6.45) is 9.75. The van der Waals surface area contributed by atoms with E-state index in [0.29, 0.717) is 6.04 Å². The second-order valence-corrected chi connectivity index (χ2v) is 5.88. The summed E-state index contributed by atoms with van der Waals surface area (Å²) in [6.45, 7) is 7.75. The van der Waals surface area contributed by atoms with Gasteiger partial charge in [-0.25, -0.2) is 0 Å². The lowest BCUT2D eigenvalue weighted by Gasteiger charge is -2.34. The van der Waals surface area contributed by atoms with Crippen LogP contribution in [-0.2, 0) is 6.42 Å². The molecular weight excluding hydrogens is 234 g/mol. The maximum absolute atomic E-state index is 5.63. The van der Waals surface area contributed by atoms with E-state index >= 15 is 0 Å². The molecule has 0 radical (unpaired) electrons. The predicted octanol–water partition coefficient (Wildman–Crippen LogP) is 4.71. The van der Waals surface area contributed by atoms with Crippen LogP contribution in [0.1, 0.15) is 70.2 Å². The van der Waals surface area contributed by atoms with Gasteiger partial charge in [-0.2, -0.15) is 0 Å². The first-order valence-corrected chi connectivity index (χ1v) is 8.09. The Balaban J connectivity index is 2.08. The molecule has 0 bridgehead atoms. The van der Waals surface area contributed by atoms with E-state index in [1.165, 1.54) is 43.4 Å². The van der Waals surface area contributed by atoms with Gasteiger partial charge in [0.25, 0.3) is 0 Å². The van der Waals surface area contributed by atoms with E-state index in [-0.39, 0.29) is 0 Å². The summed E-state index contributed by atoms with van der Waals surface area (Å²) in [4.78, 5) is 0. The van der Waals surface area contributed by atoms with Crippen molar-refractivity contribution in [1.82, 2.24) is 5.32 Å². The second kappa shape index (κ2) is 7.14. The van der Waals surface area contributed by atoms with E-state index in [9.17, 15) is 0 Å². The number of hydrogen-bond donors (Lipinski definition) is 1. The smallest absolute Gasteiger partial charge is 0.108 e. The van der Waals surface area contributed by atoms with Crippen molar-refractivity contribution in [3.63, 3.8) is 0 Å². The van der Waals surface area contributed by atoms with Crippen molar-refractivity contribution in [1.29, 1.82) is 0 Å². The van der Waals surface area contributed by atoms with E-state index in [2.05, 4.69) is 32.2 Å². The van der Waals surface area contributed by atoms with Crippen LogP contribution in [0.3, 0.4) is 0 Å². The van der Waals surface area contributed by atoms with Crippen molar-refractivity contribution in [3.8, 4) is 0 Å². The molecule has 1 fully saturated rings. The van der Waals surface area contributed by atoms with Crippen LogP contribution in [-0.4, -0.2) is 6.54 Å². The molecule has 1 aromatic rings. The Morgan fingerprint density at radius 3 is 2.53 bits per heavy atom. The molecule has 1 unspecified atom stereocenters. The Morgan fingerprint density at radius 1 is 1.21 bits per heavy atom. The van der Waals surface area contributed by atoms with Crippen LogP contribution in [0.4, 0.5) is 0 Å². The van der Waals surface area contributed by atoms with Crippen LogP contribution < -0.4 is 5.32 Å². The minimum Gasteiger partial charge on any atom is -0.469 e. The third kappa shape index (κ3) is 3.42. The fraction of sp³-hybridized carbons (Fsp3) is 0.765. The molecule has 108 valence electrons. The normalized spacial score (nSPS) is 25.4. The van der Waals surface area contributed by atoms with E-state index in [4.69, 9.17) is 4.42 Å². The predicted molar refractivity (Wildman–Crippen MR) is 80.2 cm³/mol. The average molecular weight is 263 g/mol. The first-order valence-electron chi connectivity index (χ1n) is 8.09. The Morgan fingerprint density at radius 2 is 1.95 bits per heavy atom. The van der Waals surface area contributed by atoms with Crippen LogP contribution in [0.25, 0.3) is 0 Å². The van der Waals surface area contributed by atoms with Crippen molar-refractivity contribution >= 4 is 0 Å². The molecule has 0 aromatic carbocycles. The van der Waals surface area contributed by atoms with Gasteiger partial charge in [-0.3, -0.25) is 0 Å². The van der Waals surface area contributed by atoms with Gasteiger partial charge in [0.05, 0.1) is 6.26 Å². The molecule has 1 aliphatic carbocycles. The number of nitrogens with one attached hydrogen (secondary N) is 1. The SMILES string of the molecule is CCNC(c1ccoc1CC)C1CCC(CC)CC1. The highest BCUT2D eigenvalue weighted by atomic mass is 16.3. The van der Waals surface area contributed by atoms with E-state index < -0.39 is 0 Å². The molecule has 1 atom stereocenters. The molecule has 19 heavy (non-hydrogen) atoms. The van der Waals surface area contributed by atoms with Gasteiger partial charge in [0.2, 0.25) is 0 Å². The van der Waals surface area contributed by atoms with Gasteiger partial charge in [-0.15, -0.1) is 0 Å². The molecule has 2 rings (SSSR count). The molecule has 0 spiro atoms. The summed E-state index contributed by atoms with van der Waals surface area (Å²) in [6, 6.07) is 2.68. The van der Waals surface area contributed by atoms with E-state index in [1.54, 1.807) is 0 Å². The molecule has 0 amide bonds. The summed E-state index contributed by atoms with van der Waals surface area (Å²) in [5.74, 6) is 2.92. The standard InChI is InChI=1S/C17H29NO/c1-4-13-7-9-14(10-8-13)17(18-6-3)15-11-12-19-16(15)5-2/h11-14,17-18H,4-10H2,1-3H3. The Hall–Kier alpha value is -0.760. The summed E-state index contributed by atoms with van der Waals surface area (Å²) < 4.78 is 5.63. The average Bonchev–Trinajstić information content (AvgIpc) is 2.93. The highest BCUT2D eigenvalue weighted by Gasteiger charge is 2.29. The van der Waals surface area contributed by atoms with E-state index in [1.807, 2.05) is 6.26 Å². The minimum absolute atomic E-state index is 0.497. The largest absolute Gasteiger partial charge is 0.469 e. The van der Waals surface area contributed by atoms with Crippen LogP contribution in [0, 0.1) is 11.8 Å². The maximum Gasteiger partial charge on any atom is 0.108 e. The summed E-state index contributed by atoms with van der Waals surface area (Å²) in [5.41, 5.74) is 1.41. The fourth-order valence-electron chi connectivity index (χ4n) is 3.60. The lowest BCUT2D eigenvalue weighted by Crippen LogP contribution is -2.31. The molecule has 0 saturated heterocycles.